The van der Waals surface area contributed by atoms with Gasteiger partial charge in [0.05, 0.1) is 39.9 Å². The van der Waals surface area contributed by atoms with E-state index >= 15 is 0 Å². The standard InChI is InChI=1S/C17H17F2N3O3S/c1-9-6-13-14(8-15(9)25-16(18)19)22-17(21-13)26(23)10(2)12-7-11(24-3)4-5-20-12/h4-8,10,16H,1-3H3,(H,21,22). The number of hydrogen-bond donors (Lipinski definition) is 1. The van der Waals surface area contributed by atoms with Gasteiger partial charge in [-0.3, -0.25) is 9.19 Å². The van der Waals surface area contributed by atoms with Crippen molar-refractivity contribution in [1.29, 1.82) is 0 Å². The Kier molecular flexibility index (Phi) is 5.17. The minimum Gasteiger partial charge on any atom is -0.497 e. The molecule has 26 heavy (non-hydrogen) atoms. The Balaban J connectivity index is 1.92. The molecule has 0 saturated carbocycles. The molecule has 6 nitrogen and oxygen atoms in total. The maximum absolute atomic E-state index is 12.8. The number of halogens is 2. The fourth-order valence-corrected chi connectivity index (χ4v) is 3.58. The molecule has 0 fully saturated rings. The summed E-state index contributed by atoms with van der Waals surface area (Å²) in [5.41, 5.74) is 2.13. The number of fused-ring (bicyclic) bond motifs is 1. The Labute approximate surface area is 151 Å². The van der Waals surface area contributed by atoms with E-state index in [1.54, 1.807) is 45.4 Å². The van der Waals surface area contributed by atoms with E-state index in [9.17, 15) is 13.0 Å². The Morgan fingerprint density at radius 2 is 2.04 bits per heavy atom. The third-order valence-corrected chi connectivity index (χ3v) is 5.35. The first-order valence-electron chi connectivity index (χ1n) is 7.74. The summed E-state index contributed by atoms with van der Waals surface area (Å²) in [7, 11) is 0.0233. The van der Waals surface area contributed by atoms with Gasteiger partial charge < -0.3 is 14.5 Å². The first-order valence-corrected chi connectivity index (χ1v) is 8.96. The van der Waals surface area contributed by atoms with Gasteiger partial charge in [0.2, 0.25) is 0 Å². The zero-order valence-corrected chi connectivity index (χ0v) is 15.1. The predicted molar refractivity (Wildman–Crippen MR) is 93.1 cm³/mol. The van der Waals surface area contributed by atoms with Crippen molar-refractivity contribution in [1.82, 2.24) is 15.0 Å². The molecule has 138 valence electrons. The van der Waals surface area contributed by atoms with Crippen LogP contribution in [0.15, 0.2) is 35.6 Å². The van der Waals surface area contributed by atoms with Crippen LogP contribution in [0, 0.1) is 6.92 Å². The number of nitrogens with zero attached hydrogens (tertiary/aromatic N) is 2. The van der Waals surface area contributed by atoms with E-state index < -0.39 is 22.7 Å². The molecule has 0 radical (unpaired) electrons. The van der Waals surface area contributed by atoms with E-state index in [4.69, 9.17) is 4.74 Å². The molecule has 0 bridgehead atoms. The number of aromatic nitrogens is 3. The maximum Gasteiger partial charge on any atom is 0.387 e. The van der Waals surface area contributed by atoms with Crippen LogP contribution in [0.5, 0.6) is 11.5 Å². The Morgan fingerprint density at radius 1 is 1.27 bits per heavy atom. The molecule has 0 aliphatic heterocycles. The molecule has 2 unspecified atom stereocenters. The maximum atomic E-state index is 12.8. The van der Waals surface area contributed by atoms with Crippen LogP contribution in [-0.2, 0) is 10.8 Å². The fourth-order valence-electron chi connectivity index (χ4n) is 2.50. The van der Waals surface area contributed by atoms with Gasteiger partial charge in [-0.1, -0.05) is 0 Å². The molecule has 0 spiro atoms. The number of aryl methyl sites for hydroxylation is 1. The number of alkyl halides is 2. The molecule has 3 rings (SSSR count). The predicted octanol–water partition coefficient (Wildman–Crippen LogP) is 3.75. The smallest absolute Gasteiger partial charge is 0.387 e. The summed E-state index contributed by atoms with van der Waals surface area (Å²) < 4.78 is 47.4. The van der Waals surface area contributed by atoms with Crippen LogP contribution in [0.25, 0.3) is 11.0 Å². The van der Waals surface area contributed by atoms with Crippen molar-refractivity contribution in [3.63, 3.8) is 0 Å². The van der Waals surface area contributed by atoms with Gasteiger partial charge in [0.15, 0.2) is 5.16 Å². The lowest BCUT2D eigenvalue weighted by Crippen LogP contribution is -2.06. The number of aromatic amines is 1. The first kappa shape index (κ1) is 18.2. The average Bonchev–Trinajstić information content (AvgIpc) is 3.03. The van der Waals surface area contributed by atoms with Crippen molar-refractivity contribution in [2.45, 2.75) is 30.9 Å². The number of hydrogen-bond acceptors (Lipinski definition) is 5. The summed E-state index contributed by atoms with van der Waals surface area (Å²) in [5, 5.41) is -0.200. The first-order chi connectivity index (χ1) is 12.4. The molecule has 3 aromatic rings. The van der Waals surface area contributed by atoms with Gasteiger partial charge in [-0.15, -0.1) is 0 Å². The van der Waals surface area contributed by atoms with Crippen LogP contribution in [0.4, 0.5) is 8.78 Å². The molecule has 0 aliphatic rings. The number of H-pyrrole nitrogens is 1. The zero-order chi connectivity index (χ0) is 18.8. The van der Waals surface area contributed by atoms with Crippen LogP contribution in [0.1, 0.15) is 23.4 Å². The van der Waals surface area contributed by atoms with Crippen LogP contribution in [0.3, 0.4) is 0 Å². The normalized spacial score (nSPS) is 13.8. The van der Waals surface area contributed by atoms with E-state index in [2.05, 4.69) is 19.7 Å². The van der Waals surface area contributed by atoms with E-state index in [0.717, 1.165) is 0 Å². The van der Waals surface area contributed by atoms with Gasteiger partial charge in [-0.2, -0.15) is 8.78 Å². The molecule has 1 aromatic carbocycles. The summed E-state index contributed by atoms with van der Waals surface area (Å²) in [4.78, 5) is 11.5. The van der Waals surface area contributed by atoms with Crippen molar-refractivity contribution < 1.29 is 22.5 Å². The Bertz CT molecular complexity index is 962. The second-order valence-corrected chi connectivity index (χ2v) is 7.30. The summed E-state index contributed by atoms with van der Waals surface area (Å²) in [6, 6.07) is 6.45. The molecule has 9 heteroatoms. The number of imidazole rings is 1. The third-order valence-electron chi connectivity index (χ3n) is 3.89. The molecular weight excluding hydrogens is 364 g/mol. The second-order valence-electron chi connectivity index (χ2n) is 5.62. The molecule has 2 atom stereocenters. The van der Waals surface area contributed by atoms with E-state index in [1.807, 2.05) is 0 Å². The molecule has 1 N–H and O–H groups in total. The van der Waals surface area contributed by atoms with E-state index in [0.29, 0.717) is 28.0 Å². The minimum absolute atomic E-state index is 0.0406. The topological polar surface area (TPSA) is 77.1 Å². The van der Waals surface area contributed by atoms with Gasteiger partial charge >= 0.3 is 6.61 Å². The molecule has 0 amide bonds. The molecule has 0 saturated heterocycles. The number of ether oxygens (including phenoxy) is 2. The SMILES string of the molecule is COc1ccnc(C(C)S(=O)c2nc3cc(OC(F)F)c(C)cc3[nH]2)c1. The van der Waals surface area contributed by atoms with Crippen LogP contribution in [-0.4, -0.2) is 32.9 Å². The Hall–Kier alpha value is -2.55. The lowest BCUT2D eigenvalue weighted by Gasteiger charge is -2.10. The molecular formula is C17H17F2N3O3S. The Morgan fingerprint density at radius 3 is 2.73 bits per heavy atom. The number of methoxy groups -OCH3 is 1. The minimum atomic E-state index is -2.92. The second kappa shape index (κ2) is 7.36. The van der Waals surface area contributed by atoms with Crippen molar-refractivity contribution in [2.75, 3.05) is 7.11 Å². The lowest BCUT2D eigenvalue weighted by atomic mass is 10.2. The average molecular weight is 381 g/mol. The number of pyridine rings is 1. The van der Waals surface area contributed by atoms with Crippen molar-refractivity contribution in [2.24, 2.45) is 0 Å². The lowest BCUT2D eigenvalue weighted by molar-refractivity contribution is -0.0502. The number of nitrogens with one attached hydrogen (secondary N) is 1. The highest BCUT2D eigenvalue weighted by Crippen LogP contribution is 2.29. The fraction of sp³-hybridized carbons (Fsp3) is 0.294. The summed E-state index contributed by atoms with van der Waals surface area (Å²) in [6.07, 6.45) is 1.58. The van der Waals surface area contributed by atoms with Crippen molar-refractivity contribution in [3.8, 4) is 11.5 Å². The molecule has 0 aliphatic carbocycles. The van der Waals surface area contributed by atoms with Gasteiger partial charge in [0, 0.05) is 18.3 Å². The van der Waals surface area contributed by atoms with E-state index in [1.165, 1.54) is 6.07 Å². The number of benzene rings is 1. The van der Waals surface area contributed by atoms with Crippen molar-refractivity contribution in [3.05, 3.63) is 41.7 Å². The third kappa shape index (κ3) is 3.67. The highest BCUT2D eigenvalue weighted by Gasteiger charge is 2.21. The largest absolute Gasteiger partial charge is 0.497 e. The summed E-state index contributed by atoms with van der Waals surface area (Å²) in [5.74, 6) is 0.659. The molecule has 2 aromatic heterocycles. The summed E-state index contributed by atoms with van der Waals surface area (Å²) in [6.45, 7) is 0.497. The van der Waals surface area contributed by atoms with Crippen molar-refractivity contribution >= 4 is 21.8 Å². The quantitative estimate of drug-likeness (QED) is 0.704. The highest BCUT2D eigenvalue weighted by molar-refractivity contribution is 7.85. The van der Waals surface area contributed by atoms with Crippen LogP contribution < -0.4 is 9.47 Å². The summed E-state index contributed by atoms with van der Waals surface area (Å²) >= 11 is 0. The number of rotatable bonds is 6. The molecule has 2 heterocycles. The monoisotopic (exact) mass is 381 g/mol. The van der Waals surface area contributed by atoms with E-state index in [-0.39, 0.29) is 10.9 Å². The van der Waals surface area contributed by atoms with Crippen LogP contribution >= 0.6 is 0 Å². The van der Waals surface area contributed by atoms with Gasteiger partial charge in [0.1, 0.15) is 11.5 Å². The van der Waals surface area contributed by atoms with Gasteiger partial charge in [-0.25, -0.2) is 4.98 Å². The highest BCUT2D eigenvalue weighted by atomic mass is 32.2. The van der Waals surface area contributed by atoms with Gasteiger partial charge in [-0.05, 0) is 31.5 Å². The van der Waals surface area contributed by atoms with Crippen LogP contribution in [0.2, 0.25) is 0 Å². The zero-order valence-electron chi connectivity index (χ0n) is 14.3. The van der Waals surface area contributed by atoms with Gasteiger partial charge in [0.25, 0.3) is 0 Å².